The van der Waals surface area contributed by atoms with Crippen LogP contribution in [0, 0.1) is 9.49 Å². The molecule has 0 aromatic heterocycles. The summed E-state index contributed by atoms with van der Waals surface area (Å²) < 4.78 is 1.10. The Hall–Kier alpha value is -1.89. The number of halogens is 1. The van der Waals surface area contributed by atoms with Crippen LogP contribution in [0.2, 0.25) is 0 Å². The van der Waals surface area contributed by atoms with Crippen molar-refractivity contribution in [2.24, 2.45) is 5.92 Å². The first-order valence-corrected chi connectivity index (χ1v) is 8.93. The molecule has 1 atom stereocenters. The predicted octanol–water partition coefficient (Wildman–Crippen LogP) is 3.61. The second-order valence-electron chi connectivity index (χ2n) is 5.95. The Balaban J connectivity index is 1.98. The molecule has 0 saturated heterocycles. The Morgan fingerprint density at radius 3 is 2.21 bits per heavy atom. The van der Waals surface area contributed by atoms with E-state index >= 15 is 0 Å². The minimum Gasteiger partial charge on any atom is -0.344 e. The summed E-state index contributed by atoms with van der Waals surface area (Å²) in [6, 6.07) is 16.5. The monoisotopic (exact) mass is 436 g/mol. The van der Waals surface area contributed by atoms with Crippen molar-refractivity contribution in [3.8, 4) is 0 Å². The molecule has 0 saturated carbocycles. The van der Waals surface area contributed by atoms with E-state index in [1.807, 2.05) is 68.4 Å². The van der Waals surface area contributed by atoms with Crippen LogP contribution in [-0.4, -0.2) is 17.9 Å². The fraction of sp³-hybridized carbons (Fsp3) is 0.263. The standard InChI is InChI=1S/C19H21IN2O2/c1-13(2)18(19(24)21-16-10-8-15(20)9-11-16)22-17(23)12-14-6-4-3-5-7-14/h3-11,13,18H,12H2,1-2H3,(H,21,24)(H,22,23). The second kappa shape index (κ2) is 8.82. The molecule has 24 heavy (non-hydrogen) atoms. The van der Waals surface area contributed by atoms with Gasteiger partial charge in [-0.05, 0) is 58.3 Å². The number of rotatable bonds is 6. The number of hydrogen-bond donors (Lipinski definition) is 2. The van der Waals surface area contributed by atoms with Gasteiger partial charge in [-0.15, -0.1) is 0 Å². The summed E-state index contributed by atoms with van der Waals surface area (Å²) >= 11 is 2.21. The summed E-state index contributed by atoms with van der Waals surface area (Å²) in [5.41, 5.74) is 1.65. The number of amides is 2. The number of hydrogen-bond acceptors (Lipinski definition) is 2. The highest BCUT2D eigenvalue weighted by atomic mass is 127. The van der Waals surface area contributed by atoms with Gasteiger partial charge in [-0.2, -0.15) is 0 Å². The minimum atomic E-state index is -0.569. The summed E-state index contributed by atoms with van der Waals surface area (Å²) in [4.78, 5) is 24.7. The predicted molar refractivity (Wildman–Crippen MR) is 105 cm³/mol. The SMILES string of the molecule is CC(C)C(NC(=O)Cc1ccccc1)C(=O)Nc1ccc(I)cc1. The quantitative estimate of drug-likeness (QED) is 0.680. The van der Waals surface area contributed by atoms with Gasteiger partial charge in [-0.25, -0.2) is 0 Å². The lowest BCUT2D eigenvalue weighted by Gasteiger charge is -2.22. The van der Waals surface area contributed by atoms with E-state index in [-0.39, 0.29) is 24.2 Å². The molecule has 0 aliphatic carbocycles. The topological polar surface area (TPSA) is 58.2 Å². The molecule has 0 heterocycles. The first-order valence-electron chi connectivity index (χ1n) is 7.85. The summed E-state index contributed by atoms with van der Waals surface area (Å²) in [6.45, 7) is 3.84. The van der Waals surface area contributed by atoms with Crippen molar-refractivity contribution in [2.75, 3.05) is 5.32 Å². The molecule has 2 rings (SSSR count). The molecule has 1 unspecified atom stereocenters. The van der Waals surface area contributed by atoms with Crippen LogP contribution in [0.15, 0.2) is 54.6 Å². The van der Waals surface area contributed by atoms with Gasteiger partial charge >= 0.3 is 0 Å². The molecule has 0 aliphatic heterocycles. The van der Waals surface area contributed by atoms with Gasteiger partial charge < -0.3 is 10.6 Å². The lowest BCUT2D eigenvalue weighted by Crippen LogP contribution is -2.47. The molecule has 5 heteroatoms. The Morgan fingerprint density at radius 2 is 1.62 bits per heavy atom. The van der Waals surface area contributed by atoms with Crippen molar-refractivity contribution >= 4 is 40.1 Å². The Morgan fingerprint density at radius 1 is 1.00 bits per heavy atom. The van der Waals surface area contributed by atoms with Gasteiger partial charge in [0.15, 0.2) is 0 Å². The third-order valence-corrected chi connectivity index (χ3v) is 4.30. The van der Waals surface area contributed by atoms with Crippen molar-refractivity contribution in [3.05, 3.63) is 63.7 Å². The third-order valence-electron chi connectivity index (χ3n) is 3.58. The summed E-state index contributed by atoms with van der Waals surface area (Å²) in [5, 5.41) is 5.71. The molecule has 0 spiro atoms. The highest BCUT2D eigenvalue weighted by Crippen LogP contribution is 2.13. The van der Waals surface area contributed by atoms with Crippen LogP contribution in [0.3, 0.4) is 0 Å². The fourth-order valence-electron chi connectivity index (χ4n) is 2.29. The van der Waals surface area contributed by atoms with E-state index in [9.17, 15) is 9.59 Å². The first-order chi connectivity index (χ1) is 11.5. The molecule has 126 valence electrons. The molecular formula is C19H21IN2O2. The van der Waals surface area contributed by atoms with Crippen LogP contribution in [0.4, 0.5) is 5.69 Å². The normalized spacial score (nSPS) is 11.8. The average molecular weight is 436 g/mol. The number of nitrogens with one attached hydrogen (secondary N) is 2. The minimum absolute atomic E-state index is 0.00595. The third kappa shape index (κ3) is 5.63. The average Bonchev–Trinajstić information content (AvgIpc) is 2.55. The van der Waals surface area contributed by atoms with E-state index in [0.29, 0.717) is 0 Å². The first kappa shape index (κ1) is 18.4. The van der Waals surface area contributed by atoms with Gasteiger partial charge in [-0.1, -0.05) is 44.2 Å². The zero-order valence-corrected chi connectivity index (χ0v) is 15.9. The van der Waals surface area contributed by atoms with E-state index in [4.69, 9.17) is 0 Å². The van der Waals surface area contributed by atoms with Crippen molar-refractivity contribution in [1.82, 2.24) is 5.32 Å². The summed E-state index contributed by atoms with van der Waals surface area (Å²) in [7, 11) is 0. The van der Waals surface area contributed by atoms with Gasteiger partial charge in [0.05, 0.1) is 6.42 Å². The van der Waals surface area contributed by atoms with Gasteiger partial charge in [0.1, 0.15) is 6.04 Å². The molecule has 4 nitrogen and oxygen atoms in total. The van der Waals surface area contributed by atoms with Gasteiger partial charge in [0, 0.05) is 9.26 Å². The van der Waals surface area contributed by atoms with Crippen LogP contribution >= 0.6 is 22.6 Å². The van der Waals surface area contributed by atoms with Crippen LogP contribution in [0.1, 0.15) is 19.4 Å². The Bertz CT molecular complexity index is 684. The molecule has 2 N–H and O–H groups in total. The maximum absolute atomic E-state index is 12.5. The van der Waals surface area contributed by atoms with Crippen molar-refractivity contribution in [2.45, 2.75) is 26.3 Å². The van der Waals surface area contributed by atoms with E-state index < -0.39 is 6.04 Å². The molecule has 0 bridgehead atoms. The molecule has 2 aromatic carbocycles. The molecule has 2 amide bonds. The lowest BCUT2D eigenvalue weighted by molar-refractivity contribution is -0.127. The van der Waals surface area contributed by atoms with E-state index in [2.05, 4.69) is 33.2 Å². The van der Waals surface area contributed by atoms with Gasteiger partial charge in [0.2, 0.25) is 11.8 Å². The molecular weight excluding hydrogens is 415 g/mol. The van der Waals surface area contributed by atoms with Crippen LogP contribution in [0.5, 0.6) is 0 Å². The molecule has 0 fully saturated rings. The van der Waals surface area contributed by atoms with Gasteiger partial charge in [-0.3, -0.25) is 9.59 Å². The van der Waals surface area contributed by atoms with Gasteiger partial charge in [0.25, 0.3) is 0 Å². The summed E-state index contributed by atoms with van der Waals surface area (Å²) in [6.07, 6.45) is 0.265. The number of carbonyl (C=O) groups is 2. The number of carbonyl (C=O) groups excluding carboxylic acids is 2. The van der Waals surface area contributed by atoms with Crippen molar-refractivity contribution < 1.29 is 9.59 Å². The smallest absolute Gasteiger partial charge is 0.247 e. The maximum Gasteiger partial charge on any atom is 0.247 e. The zero-order chi connectivity index (χ0) is 17.5. The van der Waals surface area contributed by atoms with Crippen molar-refractivity contribution in [3.63, 3.8) is 0 Å². The fourth-order valence-corrected chi connectivity index (χ4v) is 2.65. The van der Waals surface area contributed by atoms with E-state index in [0.717, 1.165) is 14.8 Å². The highest BCUT2D eigenvalue weighted by Gasteiger charge is 2.24. The molecule has 0 aliphatic rings. The van der Waals surface area contributed by atoms with E-state index in [1.165, 1.54) is 0 Å². The van der Waals surface area contributed by atoms with Crippen LogP contribution in [-0.2, 0) is 16.0 Å². The van der Waals surface area contributed by atoms with E-state index in [1.54, 1.807) is 0 Å². The second-order valence-corrected chi connectivity index (χ2v) is 7.19. The molecule has 0 radical (unpaired) electrons. The lowest BCUT2D eigenvalue weighted by atomic mass is 10.0. The number of anilines is 1. The Kier molecular flexibility index (Phi) is 6.78. The van der Waals surface area contributed by atoms with Crippen molar-refractivity contribution in [1.29, 1.82) is 0 Å². The largest absolute Gasteiger partial charge is 0.344 e. The zero-order valence-electron chi connectivity index (χ0n) is 13.8. The van der Waals surface area contributed by atoms with Crippen LogP contribution < -0.4 is 10.6 Å². The van der Waals surface area contributed by atoms with Crippen LogP contribution in [0.25, 0.3) is 0 Å². The highest BCUT2D eigenvalue weighted by molar-refractivity contribution is 14.1. The summed E-state index contributed by atoms with van der Waals surface area (Å²) in [5.74, 6) is -0.362. The maximum atomic E-state index is 12.5. The molecule has 2 aromatic rings. The Labute approximate surface area is 156 Å². The number of benzene rings is 2.